The Morgan fingerprint density at radius 1 is 1.23 bits per heavy atom. The Morgan fingerprint density at radius 2 is 1.96 bits per heavy atom. The molecule has 3 fully saturated rings. The number of carboxylic acid groups (broad SMARTS) is 1. The molecule has 5 heteroatoms. The lowest BCUT2D eigenvalue weighted by molar-refractivity contribution is -0.147. The molecule has 1 N–H and O–H groups in total. The van der Waals surface area contributed by atoms with Crippen molar-refractivity contribution in [2.45, 2.75) is 51.2 Å². The van der Waals surface area contributed by atoms with Gasteiger partial charge in [0.1, 0.15) is 5.75 Å². The molecule has 1 saturated carbocycles. The summed E-state index contributed by atoms with van der Waals surface area (Å²) in [5.74, 6) is 0.0124. The third-order valence-electron chi connectivity index (χ3n) is 6.47. The van der Waals surface area contributed by atoms with Crippen LogP contribution >= 0.6 is 0 Å². The van der Waals surface area contributed by atoms with Gasteiger partial charge in [-0.1, -0.05) is 18.2 Å². The van der Waals surface area contributed by atoms with Gasteiger partial charge in [0, 0.05) is 43.8 Å². The Labute approximate surface area is 155 Å². The number of para-hydroxylation sites is 1. The van der Waals surface area contributed by atoms with Gasteiger partial charge in [0.15, 0.2) is 0 Å². The first-order valence-electron chi connectivity index (χ1n) is 9.94. The Balaban J connectivity index is 1.48. The number of carbonyl (C=O) groups is 1. The van der Waals surface area contributed by atoms with E-state index < -0.39 is 5.97 Å². The minimum absolute atomic E-state index is 0.134. The normalized spacial score (nSPS) is 26.4. The van der Waals surface area contributed by atoms with Crippen LogP contribution in [-0.2, 0) is 16.1 Å². The van der Waals surface area contributed by atoms with Crippen LogP contribution in [0.5, 0.6) is 5.75 Å². The van der Waals surface area contributed by atoms with Gasteiger partial charge >= 0.3 is 5.97 Å². The highest BCUT2D eigenvalue weighted by Crippen LogP contribution is 2.45. The van der Waals surface area contributed by atoms with Crippen molar-refractivity contribution in [3.8, 4) is 5.75 Å². The fraction of sp³-hybridized carbons (Fsp3) is 0.667. The zero-order chi connectivity index (χ0) is 18.0. The first kappa shape index (κ1) is 17.8. The van der Waals surface area contributed by atoms with Crippen molar-refractivity contribution in [1.29, 1.82) is 0 Å². The van der Waals surface area contributed by atoms with E-state index in [1.807, 2.05) is 12.1 Å². The van der Waals surface area contributed by atoms with E-state index in [0.29, 0.717) is 25.9 Å². The van der Waals surface area contributed by atoms with Crippen LogP contribution in [0, 0.1) is 11.3 Å². The molecular formula is C21H29NO4. The standard InChI is InChI=1S/C21H29NO4/c23-20(24)18-14-22(15-21(18)9-11-25-12-10-21)13-16-5-1-4-8-19(16)26-17-6-2-3-7-17/h1,4-5,8,17-18H,2-3,6-7,9-15H2,(H,23,24). The number of aliphatic carboxylic acids is 1. The van der Waals surface area contributed by atoms with Crippen LogP contribution in [0.1, 0.15) is 44.1 Å². The van der Waals surface area contributed by atoms with E-state index in [-0.39, 0.29) is 11.3 Å². The lowest BCUT2D eigenvalue weighted by Gasteiger charge is -2.36. The number of hydrogen-bond donors (Lipinski definition) is 1. The number of benzene rings is 1. The molecule has 2 saturated heterocycles. The molecule has 0 amide bonds. The Kier molecular flexibility index (Phi) is 5.18. The van der Waals surface area contributed by atoms with Gasteiger partial charge in [0.25, 0.3) is 0 Å². The third kappa shape index (κ3) is 3.60. The summed E-state index contributed by atoms with van der Waals surface area (Å²) in [6.45, 7) is 3.57. The number of carboxylic acids is 1. The summed E-state index contributed by atoms with van der Waals surface area (Å²) in [5, 5.41) is 9.77. The molecular weight excluding hydrogens is 330 g/mol. The molecule has 4 rings (SSSR count). The summed E-state index contributed by atoms with van der Waals surface area (Å²) < 4.78 is 11.8. The summed E-state index contributed by atoms with van der Waals surface area (Å²) >= 11 is 0. The SMILES string of the molecule is O=C(O)C1CN(Cc2ccccc2OC2CCCC2)CC12CCOCC2. The topological polar surface area (TPSA) is 59.0 Å². The minimum atomic E-state index is -0.662. The molecule has 1 aromatic rings. The van der Waals surface area contributed by atoms with Gasteiger partial charge in [-0.15, -0.1) is 0 Å². The molecule has 1 aromatic carbocycles. The first-order valence-corrected chi connectivity index (χ1v) is 9.94. The van der Waals surface area contributed by atoms with Crippen molar-refractivity contribution >= 4 is 5.97 Å². The Morgan fingerprint density at radius 3 is 2.69 bits per heavy atom. The second-order valence-electron chi connectivity index (χ2n) is 8.17. The largest absolute Gasteiger partial charge is 0.490 e. The highest BCUT2D eigenvalue weighted by Gasteiger charge is 2.50. The van der Waals surface area contributed by atoms with E-state index in [1.165, 1.54) is 18.4 Å². The van der Waals surface area contributed by atoms with Crippen molar-refractivity contribution in [3.63, 3.8) is 0 Å². The predicted molar refractivity (Wildman–Crippen MR) is 98.2 cm³/mol. The van der Waals surface area contributed by atoms with Crippen molar-refractivity contribution in [3.05, 3.63) is 29.8 Å². The second-order valence-corrected chi connectivity index (χ2v) is 8.17. The number of likely N-dealkylation sites (tertiary alicyclic amines) is 1. The Bertz CT molecular complexity index is 635. The quantitative estimate of drug-likeness (QED) is 0.874. The van der Waals surface area contributed by atoms with Crippen LogP contribution in [0.3, 0.4) is 0 Å². The molecule has 2 heterocycles. The van der Waals surface area contributed by atoms with Gasteiger partial charge in [-0.3, -0.25) is 9.69 Å². The van der Waals surface area contributed by atoms with Crippen molar-refractivity contribution in [2.24, 2.45) is 11.3 Å². The molecule has 142 valence electrons. The maximum Gasteiger partial charge on any atom is 0.308 e. The van der Waals surface area contributed by atoms with Crippen LogP contribution in [0.2, 0.25) is 0 Å². The van der Waals surface area contributed by atoms with Crippen LogP contribution in [0.25, 0.3) is 0 Å². The molecule has 1 spiro atoms. The van der Waals surface area contributed by atoms with E-state index in [9.17, 15) is 9.90 Å². The monoisotopic (exact) mass is 359 g/mol. The molecule has 1 atom stereocenters. The molecule has 0 bridgehead atoms. The van der Waals surface area contributed by atoms with E-state index in [4.69, 9.17) is 9.47 Å². The maximum atomic E-state index is 11.9. The van der Waals surface area contributed by atoms with E-state index >= 15 is 0 Å². The molecule has 5 nitrogen and oxygen atoms in total. The van der Waals surface area contributed by atoms with Gasteiger partial charge in [-0.25, -0.2) is 0 Å². The lowest BCUT2D eigenvalue weighted by Crippen LogP contribution is -2.40. The summed E-state index contributed by atoms with van der Waals surface area (Å²) in [6.07, 6.45) is 6.82. The number of rotatable bonds is 5. The highest BCUT2D eigenvalue weighted by atomic mass is 16.5. The van der Waals surface area contributed by atoms with Gasteiger partial charge in [-0.2, -0.15) is 0 Å². The minimum Gasteiger partial charge on any atom is -0.490 e. The number of ether oxygens (including phenoxy) is 2. The van der Waals surface area contributed by atoms with Crippen LogP contribution in [-0.4, -0.2) is 48.4 Å². The summed E-state index contributed by atoms with van der Waals surface area (Å²) in [6, 6.07) is 8.25. The molecule has 2 aliphatic heterocycles. The molecule has 3 aliphatic rings. The fourth-order valence-corrected chi connectivity index (χ4v) is 4.99. The highest BCUT2D eigenvalue weighted by molar-refractivity contribution is 5.72. The average molecular weight is 359 g/mol. The predicted octanol–water partition coefficient (Wildman–Crippen LogP) is 3.32. The smallest absolute Gasteiger partial charge is 0.308 e. The maximum absolute atomic E-state index is 11.9. The van der Waals surface area contributed by atoms with Gasteiger partial charge < -0.3 is 14.6 Å². The fourth-order valence-electron chi connectivity index (χ4n) is 4.99. The zero-order valence-corrected chi connectivity index (χ0v) is 15.4. The van der Waals surface area contributed by atoms with Crippen LogP contribution in [0.4, 0.5) is 0 Å². The molecule has 26 heavy (non-hydrogen) atoms. The first-order chi connectivity index (χ1) is 12.7. The average Bonchev–Trinajstić information content (AvgIpc) is 3.26. The van der Waals surface area contributed by atoms with E-state index in [0.717, 1.165) is 44.5 Å². The van der Waals surface area contributed by atoms with Crippen molar-refractivity contribution < 1.29 is 19.4 Å². The van der Waals surface area contributed by atoms with E-state index in [1.54, 1.807) is 0 Å². The summed E-state index contributed by atoms with van der Waals surface area (Å²) in [4.78, 5) is 14.2. The molecule has 1 aliphatic carbocycles. The van der Waals surface area contributed by atoms with Crippen molar-refractivity contribution in [2.75, 3.05) is 26.3 Å². The van der Waals surface area contributed by atoms with Gasteiger partial charge in [-0.05, 0) is 44.6 Å². The third-order valence-corrected chi connectivity index (χ3v) is 6.47. The van der Waals surface area contributed by atoms with Crippen LogP contribution < -0.4 is 4.74 Å². The van der Waals surface area contributed by atoms with Crippen molar-refractivity contribution in [1.82, 2.24) is 4.90 Å². The Hall–Kier alpha value is -1.59. The summed E-state index contributed by atoms with van der Waals surface area (Å²) in [7, 11) is 0. The van der Waals surface area contributed by atoms with Gasteiger partial charge in [0.05, 0.1) is 12.0 Å². The zero-order valence-electron chi connectivity index (χ0n) is 15.4. The van der Waals surface area contributed by atoms with E-state index in [2.05, 4.69) is 17.0 Å². The molecule has 0 radical (unpaired) electrons. The molecule has 0 aromatic heterocycles. The lowest BCUT2D eigenvalue weighted by atomic mass is 9.72. The van der Waals surface area contributed by atoms with Crippen LogP contribution in [0.15, 0.2) is 24.3 Å². The second kappa shape index (κ2) is 7.57. The summed E-state index contributed by atoms with van der Waals surface area (Å²) in [5.41, 5.74) is 1.04. The number of hydrogen-bond acceptors (Lipinski definition) is 4. The molecule has 1 unspecified atom stereocenters. The number of nitrogens with zero attached hydrogens (tertiary/aromatic N) is 1. The van der Waals surface area contributed by atoms with Gasteiger partial charge in [0.2, 0.25) is 0 Å².